The van der Waals surface area contributed by atoms with Crippen LogP contribution in [-0.4, -0.2) is 41.8 Å². The molecular formula is C16H21NO2. The van der Waals surface area contributed by atoms with Crippen molar-refractivity contribution in [3.8, 4) is 18.1 Å². The van der Waals surface area contributed by atoms with Crippen molar-refractivity contribution in [3.05, 3.63) is 29.3 Å². The fourth-order valence-electron chi connectivity index (χ4n) is 2.35. The number of hydrogen-bond acceptors (Lipinski definition) is 3. The van der Waals surface area contributed by atoms with E-state index in [2.05, 4.69) is 24.7 Å². The van der Waals surface area contributed by atoms with Gasteiger partial charge in [-0.2, -0.15) is 0 Å². The number of terminal acetylenes is 1. The van der Waals surface area contributed by atoms with Crippen molar-refractivity contribution in [3.63, 3.8) is 0 Å². The van der Waals surface area contributed by atoms with Gasteiger partial charge in [0.1, 0.15) is 18.0 Å². The molecule has 2 unspecified atom stereocenters. The number of benzene rings is 1. The van der Waals surface area contributed by atoms with Crippen molar-refractivity contribution >= 4 is 0 Å². The number of aliphatic hydroxyl groups excluding tert-OH is 1. The smallest absolute Gasteiger partial charge is 0.127 e. The van der Waals surface area contributed by atoms with Crippen LogP contribution in [0.5, 0.6) is 5.75 Å². The molecule has 102 valence electrons. The molecule has 1 aromatic rings. The standard InChI is InChI=1S/C16H21NO2/c1-4-8-17-9-7-16(15(18)11-17)19-14-6-5-12(2)13(3)10-14/h1,5-6,10,15-16,18H,7-9,11H2,2-3H3. The van der Waals surface area contributed by atoms with Gasteiger partial charge < -0.3 is 9.84 Å². The predicted molar refractivity (Wildman–Crippen MR) is 76.2 cm³/mol. The molecule has 0 saturated carbocycles. The van der Waals surface area contributed by atoms with E-state index in [0.717, 1.165) is 18.7 Å². The number of piperidine rings is 1. The Balaban J connectivity index is 1.96. The first-order valence-electron chi connectivity index (χ1n) is 6.68. The van der Waals surface area contributed by atoms with Crippen LogP contribution < -0.4 is 4.74 Å². The van der Waals surface area contributed by atoms with Gasteiger partial charge in [-0.05, 0) is 43.5 Å². The Morgan fingerprint density at radius 3 is 2.84 bits per heavy atom. The third kappa shape index (κ3) is 3.50. The lowest BCUT2D eigenvalue weighted by atomic mass is 10.0. The van der Waals surface area contributed by atoms with Crippen LogP contribution in [0.15, 0.2) is 18.2 Å². The Morgan fingerprint density at radius 2 is 2.21 bits per heavy atom. The Kier molecular flexibility index (Phi) is 4.47. The first kappa shape index (κ1) is 13.9. The number of rotatable bonds is 3. The molecule has 1 aromatic carbocycles. The zero-order chi connectivity index (χ0) is 13.8. The van der Waals surface area contributed by atoms with Gasteiger partial charge in [0.05, 0.1) is 6.54 Å². The van der Waals surface area contributed by atoms with Gasteiger partial charge in [-0.3, -0.25) is 4.90 Å². The fraction of sp³-hybridized carbons (Fsp3) is 0.500. The summed E-state index contributed by atoms with van der Waals surface area (Å²) in [6.07, 6.45) is 5.47. The molecular weight excluding hydrogens is 238 g/mol. The van der Waals surface area contributed by atoms with Gasteiger partial charge in [-0.15, -0.1) is 6.42 Å². The molecule has 0 bridgehead atoms. The second kappa shape index (κ2) is 6.10. The molecule has 1 N–H and O–H groups in total. The van der Waals surface area contributed by atoms with Crippen LogP contribution >= 0.6 is 0 Å². The summed E-state index contributed by atoms with van der Waals surface area (Å²) in [5, 5.41) is 10.1. The number of ether oxygens (including phenoxy) is 1. The third-order valence-electron chi connectivity index (χ3n) is 3.68. The second-order valence-electron chi connectivity index (χ2n) is 5.20. The second-order valence-corrected chi connectivity index (χ2v) is 5.20. The number of β-amino-alcohol motifs (C(OH)–C–C–N with tert-alkyl or cyclic N) is 1. The lowest BCUT2D eigenvalue weighted by Gasteiger charge is -2.35. The van der Waals surface area contributed by atoms with E-state index in [1.807, 2.05) is 18.2 Å². The molecule has 0 aliphatic carbocycles. The van der Waals surface area contributed by atoms with Gasteiger partial charge in [0.15, 0.2) is 0 Å². The molecule has 1 aliphatic heterocycles. The molecule has 2 atom stereocenters. The van der Waals surface area contributed by atoms with E-state index in [4.69, 9.17) is 11.2 Å². The molecule has 3 nitrogen and oxygen atoms in total. The Labute approximate surface area is 115 Å². The summed E-state index contributed by atoms with van der Waals surface area (Å²) in [5.41, 5.74) is 2.45. The summed E-state index contributed by atoms with van der Waals surface area (Å²) in [6, 6.07) is 6.03. The number of nitrogens with zero attached hydrogens (tertiary/aromatic N) is 1. The van der Waals surface area contributed by atoms with Crippen molar-refractivity contribution in [2.45, 2.75) is 32.5 Å². The highest BCUT2D eigenvalue weighted by atomic mass is 16.5. The molecule has 0 spiro atoms. The van der Waals surface area contributed by atoms with Crippen molar-refractivity contribution in [2.24, 2.45) is 0 Å². The molecule has 0 amide bonds. The fourth-order valence-corrected chi connectivity index (χ4v) is 2.35. The predicted octanol–water partition coefficient (Wildman–Crippen LogP) is 1.75. The molecule has 0 aromatic heterocycles. The van der Waals surface area contributed by atoms with Gasteiger partial charge in [0.2, 0.25) is 0 Å². The molecule has 1 heterocycles. The lowest BCUT2D eigenvalue weighted by molar-refractivity contribution is -0.0216. The maximum absolute atomic E-state index is 10.1. The van der Waals surface area contributed by atoms with E-state index < -0.39 is 6.10 Å². The molecule has 1 aliphatic rings. The first-order chi connectivity index (χ1) is 9.10. The summed E-state index contributed by atoms with van der Waals surface area (Å²) in [4.78, 5) is 2.07. The van der Waals surface area contributed by atoms with E-state index in [1.54, 1.807) is 0 Å². The highest BCUT2D eigenvalue weighted by Crippen LogP contribution is 2.21. The molecule has 1 fully saturated rings. The minimum atomic E-state index is -0.483. The topological polar surface area (TPSA) is 32.7 Å². The molecule has 2 rings (SSSR count). The summed E-state index contributed by atoms with van der Waals surface area (Å²) >= 11 is 0. The van der Waals surface area contributed by atoms with Crippen LogP contribution in [0.2, 0.25) is 0 Å². The molecule has 3 heteroatoms. The molecule has 1 saturated heterocycles. The van der Waals surface area contributed by atoms with Crippen LogP contribution in [0.4, 0.5) is 0 Å². The van der Waals surface area contributed by atoms with Crippen LogP contribution in [0, 0.1) is 26.2 Å². The Morgan fingerprint density at radius 1 is 1.42 bits per heavy atom. The van der Waals surface area contributed by atoms with E-state index in [9.17, 15) is 5.11 Å². The highest BCUT2D eigenvalue weighted by molar-refractivity contribution is 5.34. The van der Waals surface area contributed by atoms with Gasteiger partial charge in [0, 0.05) is 13.1 Å². The summed E-state index contributed by atoms with van der Waals surface area (Å²) < 4.78 is 5.90. The lowest BCUT2D eigenvalue weighted by Crippen LogP contribution is -2.49. The van der Waals surface area contributed by atoms with Crippen molar-refractivity contribution < 1.29 is 9.84 Å². The SMILES string of the molecule is C#CCN1CCC(Oc2ccc(C)c(C)c2)C(O)C1. The zero-order valence-electron chi connectivity index (χ0n) is 11.6. The highest BCUT2D eigenvalue weighted by Gasteiger charge is 2.28. The Hall–Kier alpha value is -1.50. The van der Waals surface area contributed by atoms with Gasteiger partial charge in [-0.1, -0.05) is 12.0 Å². The monoisotopic (exact) mass is 259 g/mol. The average Bonchev–Trinajstić information content (AvgIpc) is 2.37. The maximum Gasteiger partial charge on any atom is 0.127 e. The quantitative estimate of drug-likeness (QED) is 0.839. The summed E-state index contributed by atoms with van der Waals surface area (Å²) in [7, 11) is 0. The number of likely N-dealkylation sites (tertiary alicyclic amines) is 1. The van der Waals surface area contributed by atoms with E-state index >= 15 is 0 Å². The normalized spacial score (nSPS) is 23.9. The third-order valence-corrected chi connectivity index (χ3v) is 3.68. The maximum atomic E-state index is 10.1. The van der Waals surface area contributed by atoms with Crippen LogP contribution in [-0.2, 0) is 0 Å². The van der Waals surface area contributed by atoms with E-state index in [0.29, 0.717) is 13.1 Å². The Bertz CT molecular complexity index is 478. The first-order valence-corrected chi connectivity index (χ1v) is 6.68. The molecule has 0 radical (unpaired) electrons. The van der Waals surface area contributed by atoms with Gasteiger partial charge >= 0.3 is 0 Å². The van der Waals surface area contributed by atoms with Gasteiger partial charge in [0.25, 0.3) is 0 Å². The van der Waals surface area contributed by atoms with Crippen LogP contribution in [0.1, 0.15) is 17.5 Å². The largest absolute Gasteiger partial charge is 0.488 e. The zero-order valence-corrected chi connectivity index (χ0v) is 11.6. The number of aryl methyl sites for hydroxylation is 2. The minimum absolute atomic E-state index is 0.142. The van der Waals surface area contributed by atoms with Crippen LogP contribution in [0.25, 0.3) is 0 Å². The summed E-state index contributed by atoms with van der Waals surface area (Å²) in [6.45, 7) is 6.18. The minimum Gasteiger partial charge on any atom is -0.488 e. The molecule has 19 heavy (non-hydrogen) atoms. The average molecular weight is 259 g/mol. The summed E-state index contributed by atoms with van der Waals surface area (Å²) in [5.74, 6) is 3.44. The van der Waals surface area contributed by atoms with Crippen LogP contribution in [0.3, 0.4) is 0 Å². The van der Waals surface area contributed by atoms with E-state index in [1.165, 1.54) is 11.1 Å². The number of hydrogen-bond donors (Lipinski definition) is 1. The van der Waals surface area contributed by atoms with Crippen molar-refractivity contribution in [1.82, 2.24) is 4.90 Å². The van der Waals surface area contributed by atoms with Crippen molar-refractivity contribution in [1.29, 1.82) is 0 Å². The number of aliphatic hydroxyl groups is 1. The van der Waals surface area contributed by atoms with Crippen molar-refractivity contribution in [2.75, 3.05) is 19.6 Å². The van der Waals surface area contributed by atoms with E-state index in [-0.39, 0.29) is 6.10 Å². The van der Waals surface area contributed by atoms with Gasteiger partial charge in [-0.25, -0.2) is 0 Å².